The van der Waals surface area contributed by atoms with Crippen LogP contribution in [-0.4, -0.2) is 11.1 Å². The van der Waals surface area contributed by atoms with Crippen molar-refractivity contribution >= 4 is 5.97 Å². The van der Waals surface area contributed by atoms with Gasteiger partial charge in [0.05, 0.1) is 0 Å². The molecule has 116 valence electrons. The smallest absolute Gasteiger partial charge is 0.325 e. The Hall–Kier alpha value is -2.34. The highest BCUT2D eigenvalue weighted by Gasteiger charge is 2.23. The van der Waals surface area contributed by atoms with Crippen LogP contribution in [0.1, 0.15) is 29.2 Å². The second kappa shape index (κ2) is 7.09. The van der Waals surface area contributed by atoms with E-state index in [-0.39, 0.29) is 23.2 Å². The third kappa shape index (κ3) is 3.65. The maximum absolute atomic E-state index is 13.7. The summed E-state index contributed by atoms with van der Waals surface area (Å²) in [5.41, 5.74) is 0.0669. The molecule has 0 bridgehead atoms. The fraction of sp³-hybridized carbons (Fsp3) is 0.188. The Balaban J connectivity index is 2.21. The zero-order valence-electron chi connectivity index (χ0n) is 11.5. The molecule has 0 amide bonds. The van der Waals surface area contributed by atoms with E-state index >= 15 is 0 Å². The van der Waals surface area contributed by atoms with Crippen molar-refractivity contribution in [1.82, 2.24) is 5.32 Å². The maximum Gasteiger partial charge on any atom is 0.325 e. The maximum atomic E-state index is 13.7. The topological polar surface area (TPSA) is 49.3 Å². The van der Waals surface area contributed by atoms with Crippen LogP contribution in [0.25, 0.3) is 0 Å². The van der Waals surface area contributed by atoms with Crippen LogP contribution in [0, 0.1) is 5.82 Å². The molecule has 3 nitrogen and oxygen atoms in total. The standard InChI is InChI=1S/C16H14F3NO2/c17-13-8-4-3-7-12(13)14(16(21)22)20-9-10-5-1-2-6-11(10)15(18)19/h1-8,14-15,20H,9H2,(H,21,22). The van der Waals surface area contributed by atoms with E-state index in [1.54, 1.807) is 6.07 Å². The van der Waals surface area contributed by atoms with Gasteiger partial charge in [0.1, 0.15) is 11.9 Å². The van der Waals surface area contributed by atoms with Crippen molar-refractivity contribution in [2.75, 3.05) is 0 Å². The first-order valence-electron chi connectivity index (χ1n) is 6.57. The van der Waals surface area contributed by atoms with Gasteiger partial charge in [-0.3, -0.25) is 10.1 Å². The average Bonchev–Trinajstić information content (AvgIpc) is 2.49. The molecular formula is C16H14F3NO2. The first-order valence-corrected chi connectivity index (χ1v) is 6.57. The minimum absolute atomic E-state index is 0.0375. The summed E-state index contributed by atoms with van der Waals surface area (Å²) in [5.74, 6) is -1.94. The van der Waals surface area contributed by atoms with E-state index in [9.17, 15) is 23.1 Å². The highest BCUT2D eigenvalue weighted by molar-refractivity contribution is 5.75. The highest BCUT2D eigenvalue weighted by Crippen LogP contribution is 2.24. The van der Waals surface area contributed by atoms with Gasteiger partial charge in [-0.25, -0.2) is 13.2 Å². The van der Waals surface area contributed by atoms with E-state index in [0.29, 0.717) is 0 Å². The molecule has 2 aromatic rings. The van der Waals surface area contributed by atoms with Crippen LogP contribution in [0.3, 0.4) is 0 Å². The third-order valence-corrected chi connectivity index (χ3v) is 3.25. The molecule has 0 aromatic heterocycles. The summed E-state index contributed by atoms with van der Waals surface area (Å²) >= 11 is 0. The molecule has 0 aliphatic rings. The van der Waals surface area contributed by atoms with Gasteiger partial charge in [0.25, 0.3) is 6.43 Å². The Kier molecular flexibility index (Phi) is 5.16. The van der Waals surface area contributed by atoms with Crippen molar-refractivity contribution in [2.24, 2.45) is 0 Å². The van der Waals surface area contributed by atoms with Crippen LogP contribution in [0.4, 0.5) is 13.2 Å². The van der Waals surface area contributed by atoms with E-state index < -0.39 is 24.3 Å². The summed E-state index contributed by atoms with van der Waals surface area (Å²) in [7, 11) is 0. The molecule has 2 aromatic carbocycles. The SMILES string of the molecule is O=C(O)C(NCc1ccccc1C(F)F)c1ccccc1F. The Morgan fingerprint density at radius 2 is 1.64 bits per heavy atom. The number of carboxylic acid groups (broad SMARTS) is 1. The van der Waals surface area contributed by atoms with Gasteiger partial charge in [-0.2, -0.15) is 0 Å². The number of benzene rings is 2. The lowest BCUT2D eigenvalue weighted by atomic mass is 10.0. The predicted molar refractivity (Wildman–Crippen MR) is 75.0 cm³/mol. The van der Waals surface area contributed by atoms with Gasteiger partial charge in [-0.1, -0.05) is 42.5 Å². The molecule has 0 saturated carbocycles. The minimum Gasteiger partial charge on any atom is -0.480 e. The summed E-state index contributed by atoms with van der Waals surface area (Å²) < 4.78 is 39.5. The van der Waals surface area contributed by atoms with Crippen LogP contribution in [0.2, 0.25) is 0 Å². The van der Waals surface area contributed by atoms with Crippen molar-refractivity contribution in [3.8, 4) is 0 Å². The van der Waals surface area contributed by atoms with Crippen molar-refractivity contribution in [3.05, 3.63) is 71.0 Å². The average molecular weight is 309 g/mol. The Morgan fingerprint density at radius 1 is 1.05 bits per heavy atom. The Labute approximate surface area is 125 Å². The molecule has 0 heterocycles. The summed E-state index contributed by atoms with van der Waals surface area (Å²) in [4.78, 5) is 11.3. The lowest BCUT2D eigenvalue weighted by Crippen LogP contribution is -2.29. The molecule has 0 spiro atoms. The van der Waals surface area contributed by atoms with Gasteiger partial charge in [0, 0.05) is 17.7 Å². The normalized spacial score (nSPS) is 12.4. The molecule has 6 heteroatoms. The molecule has 1 atom stereocenters. The quantitative estimate of drug-likeness (QED) is 0.856. The number of hydrogen-bond donors (Lipinski definition) is 2. The van der Waals surface area contributed by atoms with Crippen LogP contribution in [-0.2, 0) is 11.3 Å². The second-order valence-electron chi connectivity index (χ2n) is 4.67. The number of aliphatic carboxylic acids is 1. The van der Waals surface area contributed by atoms with E-state index in [1.807, 2.05) is 0 Å². The monoisotopic (exact) mass is 309 g/mol. The Bertz CT molecular complexity index is 661. The van der Waals surface area contributed by atoms with E-state index in [4.69, 9.17) is 0 Å². The van der Waals surface area contributed by atoms with Gasteiger partial charge >= 0.3 is 5.97 Å². The fourth-order valence-corrected chi connectivity index (χ4v) is 2.16. The van der Waals surface area contributed by atoms with Crippen molar-refractivity contribution < 1.29 is 23.1 Å². The number of rotatable bonds is 6. The summed E-state index contributed by atoms with van der Waals surface area (Å²) in [5, 5.41) is 11.8. The number of carboxylic acids is 1. The zero-order valence-corrected chi connectivity index (χ0v) is 11.5. The lowest BCUT2D eigenvalue weighted by molar-refractivity contribution is -0.139. The van der Waals surface area contributed by atoms with Gasteiger partial charge in [0.2, 0.25) is 0 Å². The molecule has 0 radical (unpaired) electrons. The van der Waals surface area contributed by atoms with Gasteiger partial charge in [-0.15, -0.1) is 0 Å². The van der Waals surface area contributed by atoms with Crippen molar-refractivity contribution in [2.45, 2.75) is 19.0 Å². The molecule has 2 N–H and O–H groups in total. The molecule has 1 unspecified atom stereocenters. The number of halogens is 3. The molecule has 0 aliphatic carbocycles. The fourth-order valence-electron chi connectivity index (χ4n) is 2.16. The molecular weight excluding hydrogens is 295 g/mol. The summed E-state index contributed by atoms with van der Waals surface area (Å²) in [6.45, 7) is -0.105. The van der Waals surface area contributed by atoms with E-state index in [1.165, 1.54) is 36.4 Å². The molecule has 0 fully saturated rings. The largest absolute Gasteiger partial charge is 0.480 e. The van der Waals surface area contributed by atoms with Crippen LogP contribution in [0.5, 0.6) is 0 Å². The number of carbonyl (C=O) groups is 1. The van der Waals surface area contributed by atoms with E-state index in [2.05, 4.69) is 5.32 Å². The molecule has 0 saturated heterocycles. The molecule has 0 aliphatic heterocycles. The second-order valence-corrected chi connectivity index (χ2v) is 4.67. The molecule has 22 heavy (non-hydrogen) atoms. The first kappa shape index (κ1) is 16.0. The lowest BCUT2D eigenvalue weighted by Gasteiger charge is -2.17. The number of nitrogens with one attached hydrogen (secondary N) is 1. The summed E-state index contributed by atoms with van der Waals surface area (Å²) in [6.07, 6.45) is -2.66. The van der Waals surface area contributed by atoms with E-state index in [0.717, 1.165) is 6.07 Å². The van der Waals surface area contributed by atoms with Gasteiger partial charge < -0.3 is 5.11 Å². The molecule has 2 rings (SSSR count). The van der Waals surface area contributed by atoms with Crippen molar-refractivity contribution in [3.63, 3.8) is 0 Å². The minimum atomic E-state index is -2.66. The van der Waals surface area contributed by atoms with Crippen molar-refractivity contribution in [1.29, 1.82) is 0 Å². The van der Waals surface area contributed by atoms with Crippen LogP contribution >= 0.6 is 0 Å². The third-order valence-electron chi connectivity index (χ3n) is 3.25. The van der Waals surface area contributed by atoms with Gasteiger partial charge in [0.15, 0.2) is 0 Å². The number of hydrogen-bond acceptors (Lipinski definition) is 2. The van der Waals surface area contributed by atoms with Gasteiger partial charge in [-0.05, 0) is 11.6 Å². The summed E-state index contributed by atoms with van der Waals surface area (Å²) in [6, 6.07) is 9.98. The van der Waals surface area contributed by atoms with Crippen LogP contribution < -0.4 is 5.32 Å². The zero-order chi connectivity index (χ0) is 16.1. The number of alkyl halides is 2. The first-order chi connectivity index (χ1) is 10.5. The highest BCUT2D eigenvalue weighted by atomic mass is 19.3. The van der Waals surface area contributed by atoms with Crippen LogP contribution in [0.15, 0.2) is 48.5 Å². The Morgan fingerprint density at radius 3 is 2.23 bits per heavy atom. The predicted octanol–water partition coefficient (Wildman–Crippen LogP) is 3.68.